The van der Waals surface area contributed by atoms with Crippen molar-refractivity contribution in [1.82, 2.24) is 10.6 Å². The average molecular weight is 182 g/mol. The first-order chi connectivity index (χ1) is 6.09. The van der Waals surface area contributed by atoms with Crippen molar-refractivity contribution < 1.29 is 9.59 Å². The maximum Gasteiger partial charge on any atom is 0.243 e. The molecule has 2 aliphatic rings. The highest BCUT2D eigenvalue weighted by molar-refractivity contribution is 5.91. The molecule has 0 radical (unpaired) electrons. The maximum atomic E-state index is 11.5. The third-order valence-corrected chi connectivity index (χ3v) is 2.74. The Balaban J connectivity index is 1.87. The van der Waals surface area contributed by atoms with Gasteiger partial charge in [-0.15, -0.1) is 0 Å². The summed E-state index contributed by atoms with van der Waals surface area (Å²) >= 11 is 0. The molecule has 0 aromatic heterocycles. The van der Waals surface area contributed by atoms with E-state index in [1.54, 1.807) is 0 Å². The van der Waals surface area contributed by atoms with Crippen molar-refractivity contribution in [3.63, 3.8) is 0 Å². The summed E-state index contributed by atoms with van der Waals surface area (Å²) in [5.74, 6) is -0.0352. The number of hydrogen-bond donors (Lipinski definition) is 2. The summed E-state index contributed by atoms with van der Waals surface area (Å²) < 4.78 is 0. The van der Waals surface area contributed by atoms with E-state index in [9.17, 15) is 9.59 Å². The van der Waals surface area contributed by atoms with Crippen LogP contribution in [-0.2, 0) is 9.59 Å². The third-order valence-electron chi connectivity index (χ3n) is 2.74. The Hall–Kier alpha value is -1.06. The van der Waals surface area contributed by atoms with Gasteiger partial charge in [-0.05, 0) is 26.2 Å². The average Bonchev–Trinajstić information content (AvgIpc) is 2.62. The molecule has 2 N–H and O–H groups in total. The van der Waals surface area contributed by atoms with Crippen molar-refractivity contribution in [2.24, 2.45) is 0 Å². The summed E-state index contributed by atoms with van der Waals surface area (Å²) in [7, 11) is 0. The van der Waals surface area contributed by atoms with Gasteiger partial charge in [-0.3, -0.25) is 9.59 Å². The molecule has 4 heteroatoms. The zero-order chi connectivity index (χ0) is 9.47. The second-order valence-electron chi connectivity index (χ2n) is 4.21. The Morgan fingerprint density at radius 3 is 2.77 bits per heavy atom. The maximum absolute atomic E-state index is 11.5. The molecule has 0 spiro atoms. The number of rotatable bonds is 2. The summed E-state index contributed by atoms with van der Waals surface area (Å²) in [6.45, 7) is 2.03. The van der Waals surface area contributed by atoms with E-state index in [-0.39, 0.29) is 23.4 Å². The largest absolute Gasteiger partial charge is 0.349 e. The fraction of sp³-hybridized carbons (Fsp3) is 0.778. The highest BCUT2D eigenvalue weighted by Crippen LogP contribution is 2.34. The fourth-order valence-electron chi connectivity index (χ4n) is 1.51. The lowest BCUT2D eigenvalue weighted by Crippen LogP contribution is -2.46. The van der Waals surface area contributed by atoms with E-state index in [4.69, 9.17) is 0 Å². The smallest absolute Gasteiger partial charge is 0.243 e. The van der Waals surface area contributed by atoms with Gasteiger partial charge < -0.3 is 10.6 Å². The van der Waals surface area contributed by atoms with Gasteiger partial charge in [0.15, 0.2) is 0 Å². The lowest BCUT2D eigenvalue weighted by molar-refractivity contribution is -0.126. The van der Waals surface area contributed by atoms with Gasteiger partial charge in [-0.25, -0.2) is 0 Å². The van der Waals surface area contributed by atoms with Crippen LogP contribution in [-0.4, -0.2) is 23.4 Å². The quantitative estimate of drug-likeness (QED) is 0.628. The van der Waals surface area contributed by atoms with Crippen LogP contribution < -0.4 is 10.6 Å². The first kappa shape index (κ1) is 8.53. The Bertz CT molecular complexity index is 258. The Kier molecular flexibility index (Phi) is 1.78. The van der Waals surface area contributed by atoms with Gasteiger partial charge in [0.05, 0.1) is 0 Å². The minimum absolute atomic E-state index is 0.0129. The molecule has 0 aromatic rings. The zero-order valence-corrected chi connectivity index (χ0v) is 7.72. The summed E-state index contributed by atoms with van der Waals surface area (Å²) in [5, 5.41) is 5.59. The molecule has 2 rings (SSSR count). The molecule has 1 saturated carbocycles. The van der Waals surface area contributed by atoms with Gasteiger partial charge in [-0.2, -0.15) is 0 Å². The lowest BCUT2D eigenvalue weighted by Gasteiger charge is -2.15. The van der Waals surface area contributed by atoms with E-state index >= 15 is 0 Å². The molecule has 2 amide bonds. The normalized spacial score (nSPS) is 29.6. The lowest BCUT2D eigenvalue weighted by atomic mass is 10.2. The molecule has 1 atom stereocenters. The summed E-state index contributed by atoms with van der Waals surface area (Å²) in [4.78, 5) is 22.4. The van der Waals surface area contributed by atoms with Crippen molar-refractivity contribution in [3.8, 4) is 0 Å². The van der Waals surface area contributed by atoms with E-state index in [1.807, 2.05) is 6.92 Å². The van der Waals surface area contributed by atoms with Gasteiger partial charge in [0.25, 0.3) is 0 Å². The van der Waals surface area contributed by atoms with Crippen LogP contribution in [0.3, 0.4) is 0 Å². The van der Waals surface area contributed by atoms with Crippen molar-refractivity contribution in [3.05, 3.63) is 0 Å². The minimum Gasteiger partial charge on any atom is -0.349 e. The highest BCUT2D eigenvalue weighted by Gasteiger charge is 2.40. The third kappa shape index (κ3) is 1.82. The Morgan fingerprint density at radius 1 is 1.62 bits per heavy atom. The van der Waals surface area contributed by atoms with E-state index in [0.29, 0.717) is 12.8 Å². The Labute approximate surface area is 77.1 Å². The number of carbonyl (C=O) groups excluding carboxylic acids is 2. The van der Waals surface area contributed by atoms with Crippen LogP contribution in [0.1, 0.15) is 32.6 Å². The minimum atomic E-state index is -0.287. The van der Waals surface area contributed by atoms with Crippen LogP contribution in [0, 0.1) is 0 Å². The summed E-state index contributed by atoms with van der Waals surface area (Å²) in [6, 6.07) is -0.287. The predicted octanol–water partition coefficient (Wildman–Crippen LogP) is -0.0663. The molecular formula is C9H14N2O2. The van der Waals surface area contributed by atoms with E-state index in [2.05, 4.69) is 10.6 Å². The molecule has 0 unspecified atom stereocenters. The molecule has 72 valence electrons. The SMILES string of the molecule is CC1(NC(=O)[C@@H]2CCC(=O)N2)CC1. The first-order valence-corrected chi connectivity index (χ1v) is 4.70. The fourth-order valence-corrected chi connectivity index (χ4v) is 1.51. The predicted molar refractivity (Wildman–Crippen MR) is 46.9 cm³/mol. The second kappa shape index (κ2) is 2.72. The zero-order valence-electron chi connectivity index (χ0n) is 7.72. The summed E-state index contributed by atoms with van der Waals surface area (Å²) in [6.07, 6.45) is 3.23. The number of hydrogen-bond acceptors (Lipinski definition) is 2. The molecular weight excluding hydrogens is 168 g/mol. The van der Waals surface area contributed by atoms with Crippen LogP contribution >= 0.6 is 0 Å². The number of amides is 2. The molecule has 1 aliphatic heterocycles. The van der Waals surface area contributed by atoms with Crippen molar-refractivity contribution in [1.29, 1.82) is 0 Å². The molecule has 0 aromatic carbocycles. The molecule has 0 bridgehead atoms. The van der Waals surface area contributed by atoms with Crippen LogP contribution in [0.25, 0.3) is 0 Å². The van der Waals surface area contributed by atoms with Crippen molar-refractivity contribution >= 4 is 11.8 Å². The topological polar surface area (TPSA) is 58.2 Å². The highest BCUT2D eigenvalue weighted by atomic mass is 16.2. The van der Waals surface area contributed by atoms with Crippen molar-refractivity contribution in [2.75, 3.05) is 0 Å². The Morgan fingerprint density at radius 2 is 2.31 bits per heavy atom. The van der Waals surface area contributed by atoms with Crippen LogP contribution in [0.2, 0.25) is 0 Å². The van der Waals surface area contributed by atoms with E-state index < -0.39 is 0 Å². The van der Waals surface area contributed by atoms with Gasteiger partial charge in [0.2, 0.25) is 11.8 Å². The molecule has 1 saturated heterocycles. The van der Waals surface area contributed by atoms with Gasteiger partial charge in [-0.1, -0.05) is 0 Å². The van der Waals surface area contributed by atoms with Gasteiger partial charge >= 0.3 is 0 Å². The van der Waals surface area contributed by atoms with E-state index in [1.165, 1.54) is 0 Å². The monoisotopic (exact) mass is 182 g/mol. The van der Waals surface area contributed by atoms with Gasteiger partial charge in [0, 0.05) is 12.0 Å². The molecule has 4 nitrogen and oxygen atoms in total. The first-order valence-electron chi connectivity index (χ1n) is 4.70. The molecule has 13 heavy (non-hydrogen) atoms. The second-order valence-corrected chi connectivity index (χ2v) is 4.21. The molecule has 2 fully saturated rings. The molecule has 1 heterocycles. The number of nitrogens with one attached hydrogen (secondary N) is 2. The van der Waals surface area contributed by atoms with Gasteiger partial charge in [0.1, 0.15) is 6.04 Å². The van der Waals surface area contributed by atoms with E-state index in [0.717, 1.165) is 12.8 Å². The standard InChI is InChI=1S/C9H14N2O2/c1-9(4-5-9)11-8(13)6-2-3-7(12)10-6/h6H,2-5H2,1H3,(H,10,12)(H,11,13)/t6-/m0/s1. The van der Waals surface area contributed by atoms with Crippen molar-refractivity contribution in [2.45, 2.75) is 44.2 Å². The van der Waals surface area contributed by atoms with Crippen LogP contribution in [0.4, 0.5) is 0 Å². The summed E-state index contributed by atoms with van der Waals surface area (Å²) in [5.41, 5.74) is 0.0183. The van der Waals surface area contributed by atoms with Crippen LogP contribution in [0.5, 0.6) is 0 Å². The van der Waals surface area contributed by atoms with Crippen LogP contribution in [0.15, 0.2) is 0 Å². The molecule has 1 aliphatic carbocycles. The number of carbonyl (C=O) groups is 2.